The molecule has 1 N–H and O–H groups in total. The number of fused-ring (bicyclic) bond motifs is 3. The Labute approximate surface area is 115 Å². The Bertz CT molecular complexity index is 555. The molecule has 2 heteroatoms. The van der Waals surface area contributed by atoms with Crippen LogP contribution in [0.5, 0.6) is 11.5 Å². The second-order valence-electron chi connectivity index (χ2n) is 6.59. The van der Waals surface area contributed by atoms with Crippen LogP contribution in [0.2, 0.25) is 0 Å². The van der Waals surface area contributed by atoms with E-state index in [9.17, 15) is 5.11 Å². The molecular formula is C17H22O2. The lowest BCUT2D eigenvalue weighted by Gasteiger charge is -2.44. The number of benzene rings is 1. The smallest absolute Gasteiger partial charge is 0.131 e. The molecule has 0 aromatic heterocycles. The van der Waals surface area contributed by atoms with Gasteiger partial charge in [0.25, 0.3) is 0 Å². The highest BCUT2D eigenvalue weighted by Crippen LogP contribution is 2.52. The zero-order valence-electron chi connectivity index (χ0n) is 12.2. The number of ether oxygens (including phenoxy) is 1. The van der Waals surface area contributed by atoms with Crippen molar-refractivity contribution < 1.29 is 9.84 Å². The molecule has 0 fully saturated rings. The van der Waals surface area contributed by atoms with E-state index >= 15 is 0 Å². The molecule has 0 saturated carbocycles. The molecule has 1 heterocycles. The Hall–Kier alpha value is -1.44. The number of hydrogen-bond acceptors (Lipinski definition) is 2. The fourth-order valence-electron chi connectivity index (χ4n) is 3.53. The lowest BCUT2D eigenvalue weighted by Crippen LogP contribution is -2.42. The zero-order valence-corrected chi connectivity index (χ0v) is 12.2. The Morgan fingerprint density at radius 3 is 2.74 bits per heavy atom. The first-order chi connectivity index (χ1) is 8.88. The minimum absolute atomic E-state index is 0.195. The van der Waals surface area contributed by atoms with E-state index in [2.05, 4.69) is 26.8 Å². The standard InChI is InChI=1S/C17H22O2/c1-10-5-6-13-12(7-10)16-14(18)8-11(2)9-15(16)19-17(13,3)4/h7-10,13,18H,5-6H2,1-4H3. The van der Waals surface area contributed by atoms with Gasteiger partial charge in [-0.2, -0.15) is 0 Å². The van der Waals surface area contributed by atoms with E-state index in [1.54, 1.807) is 0 Å². The van der Waals surface area contributed by atoms with Gasteiger partial charge in [0.05, 0.1) is 5.56 Å². The van der Waals surface area contributed by atoms with Crippen LogP contribution >= 0.6 is 0 Å². The number of allylic oxidation sites excluding steroid dienone is 1. The minimum atomic E-state index is -0.195. The summed E-state index contributed by atoms with van der Waals surface area (Å²) < 4.78 is 6.18. The molecular weight excluding hydrogens is 236 g/mol. The quantitative estimate of drug-likeness (QED) is 0.751. The molecule has 2 nitrogen and oxygen atoms in total. The first-order valence-electron chi connectivity index (χ1n) is 7.13. The third-order valence-corrected chi connectivity index (χ3v) is 4.48. The summed E-state index contributed by atoms with van der Waals surface area (Å²) in [4.78, 5) is 0. The van der Waals surface area contributed by atoms with Crippen LogP contribution in [0.1, 0.15) is 44.7 Å². The van der Waals surface area contributed by atoms with Gasteiger partial charge in [0.2, 0.25) is 0 Å². The minimum Gasteiger partial charge on any atom is -0.507 e. The number of rotatable bonds is 0. The van der Waals surface area contributed by atoms with Crippen LogP contribution in [-0.4, -0.2) is 10.7 Å². The average Bonchev–Trinajstić information content (AvgIpc) is 2.25. The van der Waals surface area contributed by atoms with Crippen LogP contribution in [0.4, 0.5) is 0 Å². The zero-order chi connectivity index (χ0) is 13.8. The SMILES string of the molecule is Cc1cc(O)c2c(c1)OC(C)(C)C1CCC(C)C=C21. The van der Waals surface area contributed by atoms with Gasteiger partial charge in [0, 0.05) is 5.92 Å². The summed E-state index contributed by atoms with van der Waals surface area (Å²) in [5.74, 6) is 2.15. The van der Waals surface area contributed by atoms with Crippen molar-refractivity contribution in [2.45, 2.75) is 46.1 Å². The Morgan fingerprint density at radius 2 is 2.00 bits per heavy atom. The first-order valence-corrected chi connectivity index (χ1v) is 7.13. The van der Waals surface area contributed by atoms with Crippen LogP contribution < -0.4 is 4.74 Å². The van der Waals surface area contributed by atoms with Crippen molar-refractivity contribution >= 4 is 5.57 Å². The molecule has 1 aliphatic carbocycles. The van der Waals surface area contributed by atoms with Crippen molar-refractivity contribution in [1.29, 1.82) is 0 Å². The van der Waals surface area contributed by atoms with Crippen LogP contribution in [0.3, 0.4) is 0 Å². The van der Waals surface area contributed by atoms with Gasteiger partial charge >= 0.3 is 0 Å². The molecule has 1 aliphatic heterocycles. The molecule has 3 rings (SSSR count). The van der Waals surface area contributed by atoms with Crippen LogP contribution in [0, 0.1) is 18.8 Å². The van der Waals surface area contributed by atoms with Gasteiger partial charge in [-0.05, 0) is 62.8 Å². The summed E-state index contributed by atoms with van der Waals surface area (Å²) in [5, 5.41) is 10.3. The number of hydrogen-bond donors (Lipinski definition) is 1. The van der Waals surface area contributed by atoms with Crippen molar-refractivity contribution in [2.24, 2.45) is 11.8 Å². The molecule has 1 aromatic carbocycles. The number of aryl methyl sites for hydroxylation is 1. The lowest BCUT2D eigenvalue weighted by atomic mass is 9.70. The summed E-state index contributed by atoms with van der Waals surface area (Å²) in [6.07, 6.45) is 4.65. The molecule has 102 valence electrons. The van der Waals surface area contributed by atoms with Gasteiger partial charge in [-0.1, -0.05) is 13.0 Å². The molecule has 1 aromatic rings. The van der Waals surface area contributed by atoms with E-state index in [0.29, 0.717) is 17.6 Å². The van der Waals surface area contributed by atoms with Gasteiger partial charge in [0.1, 0.15) is 17.1 Å². The van der Waals surface area contributed by atoms with Gasteiger partial charge in [-0.15, -0.1) is 0 Å². The largest absolute Gasteiger partial charge is 0.507 e. The monoisotopic (exact) mass is 258 g/mol. The molecule has 19 heavy (non-hydrogen) atoms. The molecule has 0 spiro atoms. The predicted octanol–water partition coefficient (Wildman–Crippen LogP) is 4.30. The van der Waals surface area contributed by atoms with E-state index in [1.165, 1.54) is 12.0 Å². The summed E-state index contributed by atoms with van der Waals surface area (Å²) in [6.45, 7) is 8.55. The topological polar surface area (TPSA) is 29.5 Å². The molecule has 0 amide bonds. The fraction of sp³-hybridized carbons (Fsp3) is 0.529. The highest BCUT2D eigenvalue weighted by molar-refractivity contribution is 5.80. The second kappa shape index (κ2) is 4.03. The summed E-state index contributed by atoms with van der Waals surface area (Å²) in [7, 11) is 0. The molecule has 0 radical (unpaired) electrons. The molecule has 2 unspecified atom stereocenters. The Kier molecular flexibility index (Phi) is 2.67. The number of phenolic OH excluding ortho intramolecular Hbond substituents is 1. The lowest BCUT2D eigenvalue weighted by molar-refractivity contribution is 0.0511. The van der Waals surface area contributed by atoms with Crippen LogP contribution in [0.15, 0.2) is 18.2 Å². The van der Waals surface area contributed by atoms with E-state index in [-0.39, 0.29) is 5.60 Å². The normalized spacial score (nSPS) is 27.9. The molecule has 2 atom stereocenters. The highest BCUT2D eigenvalue weighted by Gasteiger charge is 2.42. The van der Waals surface area contributed by atoms with Crippen molar-refractivity contribution in [1.82, 2.24) is 0 Å². The Morgan fingerprint density at radius 1 is 1.26 bits per heavy atom. The van der Waals surface area contributed by atoms with Crippen LogP contribution in [0.25, 0.3) is 5.57 Å². The molecule has 0 saturated heterocycles. The van der Waals surface area contributed by atoms with Crippen LogP contribution in [-0.2, 0) is 0 Å². The van der Waals surface area contributed by atoms with Gasteiger partial charge in [-0.25, -0.2) is 0 Å². The van der Waals surface area contributed by atoms with Gasteiger partial charge in [0.15, 0.2) is 0 Å². The second-order valence-corrected chi connectivity index (χ2v) is 6.59. The van der Waals surface area contributed by atoms with E-state index < -0.39 is 0 Å². The van der Waals surface area contributed by atoms with Crippen molar-refractivity contribution in [3.8, 4) is 11.5 Å². The fourth-order valence-corrected chi connectivity index (χ4v) is 3.53. The maximum absolute atomic E-state index is 10.3. The van der Waals surface area contributed by atoms with E-state index in [4.69, 9.17) is 4.74 Å². The number of phenols is 1. The highest BCUT2D eigenvalue weighted by atomic mass is 16.5. The molecule has 0 bridgehead atoms. The first kappa shape index (κ1) is 12.6. The predicted molar refractivity (Wildman–Crippen MR) is 77.4 cm³/mol. The molecule has 2 aliphatic rings. The van der Waals surface area contributed by atoms with Gasteiger partial charge < -0.3 is 9.84 Å². The van der Waals surface area contributed by atoms with Crippen molar-refractivity contribution in [3.05, 3.63) is 29.3 Å². The third kappa shape index (κ3) is 1.94. The van der Waals surface area contributed by atoms with Gasteiger partial charge in [-0.3, -0.25) is 0 Å². The van der Waals surface area contributed by atoms with E-state index in [0.717, 1.165) is 23.3 Å². The maximum atomic E-state index is 10.3. The maximum Gasteiger partial charge on any atom is 0.131 e. The summed E-state index contributed by atoms with van der Waals surface area (Å²) in [6, 6.07) is 3.87. The van der Waals surface area contributed by atoms with Crippen molar-refractivity contribution in [2.75, 3.05) is 0 Å². The van der Waals surface area contributed by atoms with Crippen molar-refractivity contribution in [3.63, 3.8) is 0 Å². The third-order valence-electron chi connectivity index (χ3n) is 4.48. The average molecular weight is 258 g/mol. The summed E-state index contributed by atoms with van der Waals surface area (Å²) in [5.41, 5.74) is 3.04. The summed E-state index contributed by atoms with van der Waals surface area (Å²) >= 11 is 0. The number of aromatic hydroxyl groups is 1. The van der Waals surface area contributed by atoms with E-state index in [1.807, 2.05) is 19.1 Å². The Balaban J connectivity index is 2.24.